The van der Waals surface area contributed by atoms with E-state index in [1.54, 1.807) is 42.2 Å². The van der Waals surface area contributed by atoms with Gasteiger partial charge in [0.2, 0.25) is 11.8 Å². The van der Waals surface area contributed by atoms with Gasteiger partial charge in [-0.15, -0.1) is 0 Å². The lowest BCUT2D eigenvalue weighted by atomic mass is 10.1. The van der Waals surface area contributed by atoms with Crippen LogP contribution in [0.5, 0.6) is 0 Å². The minimum Gasteiger partial charge on any atom is -0.354 e. The molecule has 2 amide bonds. The Morgan fingerprint density at radius 3 is 2.43 bits per heavy atom. The maximum absolute atomic E-state index is 13.1. The van der Waals surface area contributed by atoms with Crippen molar-refractivity contribution in [3.05, 3.63) is 68.7 Å². The van der Waals surface area contributed by atoms with Crippen LogP contribution in [-0.2, 0) is 22.6 Å². The van der Waals surface area contributed by atoms with E-state index in [2.05, 4.69) is 5.32 Å². The minimum atomic E-state index is -0.624. The first-order valence-corrected chi connectivity index (χ1v) is 10.2. The molecule has 0 aliphatic heterocycles. The highest BCUT2D eigenvalue weighted by Crippen LogP contribution is 2.23. The van der Waals surface area contributed by atoms with Gasteiger partial charge >= 0.3 is 0 Å². The maximum atomic E-state index is 13.1. The third kappa shape index (κ3) is 6.40. The molecule has 0 bridgehead atoms. The van der Waals surface area contributed by atoms with Gasteiger partial charge in [-0.25, -0.2) is 0 Å². The first-order valence-electron chi connectivity index (χ1n) is 9.07. The van der Waals surface area contributed by atoms with Crippen LogP contribution in [0.1, 0.15) is 31.4 Å². The van der Waals surface area contributed by atoms with Gasteiger partial charge < -0.3 is 10.2 Å². The Kier molecular flexibility index (Phi) is 8.61. The average molecular weight is 442 g/mol. The van der Waals surface area contributed by atoms with Gasteiger partial charge in [-0.2, -0.15) is 0 Å². The molecule has 0 fully saturated rings. The maximum Gasteiger partial charge on any atom is 0.242 e. The van der Waals surface area contributed by atoms with E-state index in [0.29, 0.717) is 21.6 Å². The minimum absolute atomic E-state index is 0.114. The van der Waals surface area contributed by atoms with Crippen LogP contribution in [0.25, 0.3) is 0 Å². The van der Waals surface area contributed by atoms with Crippen molar-refractivity contribution in [3.8, 4) is 0 Å². The van der Waals surface area contributed by atoms with Gasteiger partial charge in [0.25, 0.3) is 0 Å². The Morgan fingerprint density at radius 1 is 1.04 bits per heavy atom. The number of benzene rings is 2. The van der Waals surface area contributed by atoms with Crippen LogP contribution in [0.4, 0.5) is 0 Å². The smallest absolute Gasteiger partial charge is 0.242 e. The SMILES string of the molecule is CCCNC(=O)[C@H](C)N(Cc1cccc(Cl)c1)C(=O)Cc1ccc(Cl)c(Cl)c1. The average Bonchev–Trinajstić information content (AvgIpc) is 2.66. The molecule has 28 heavy (non-hydrogen) atoms. The van der Waals surface area contributed by atoms with Gasteiger partial charge in [-0.1, -0.05) is 59.9 Å². The van der Waals surface area contributed by atoms with Crippen LogP contribution >= 0.6 is 34.8 Å². The van der Waals surface area contributed by atoms with E-state index in [0.717, 1.165) is 17.5 Å². The lowest BCUT2D eigenvalue weighted by Crippen LogP contribution is -2.48. The Balaban J connectivity index is 2.23. The summed E-state index contributed by atoms with van der Waals surface area (Å²) in [5.41, 5.74) is 1.58. The zero-order valence-electron chi connectivity index (χ0n) is 15.8. The van der Waals surface area contributed by atoms with Crippen molar-refractivity contribution in [3.63, 3.8) is 0 Å². The molecule has 150 valence electrons. The fourth-order valence-corrected chi connectivity index (χ4v) is 3.27. The molecule has 0 saturated heterocycles. The number of rotatable bonds is 8. The molecule has 0 aliphatic rings. The first kappa shape index (κ1) is 22.5. The van der Waals surface area contributed by atoms with E-state index >= 15 is 0 Å². The summed E-state index contributed by atoms with van der Waals surface area (Å²) in [4.78, 5) is 27.1. The topological polar surface area (TPSA) is 49.4 Å². The van der Waals surface area contributed by atoms with Crippen LogP contribution in [0.2, 0.25) is 15.1 Å². The number of amides is 2. The fraction of sp³-hybridized carbons (Fsp3) is 0.333. The summed E-state index contributed by atoms with van der Waals surface area (Å²) in [6.07, 6.45) is 0.937. The summed E-state index contributed by atoms with van der Waals surface area (Å²) >= 11 is 18.1. The summed E-state index contributed by atoms with van der Waals surface area (Å²) in [6, 6.07) is 11.7. The number of hydrogen-bond donors (Lipinski definition) is 1. The molecule has 0 saturated carbocycles. The van der Waals surface area contributed by atoms with Crippen LogP contribution in [-0.4, -0.2) is 29.3 Å². The van der Waals surface area contributed by atoms with Crippen molar-refractivity contribution < 1.29 is 9.59 Å². The standard InChI is InChI=1S/C21H23Cl3N2O2/c1-3-9-25-21(28)14(2)26(13-16-5-4-6-17(22)10-16)20(27)12-15-7-8-18(23)19(24)11-15/h4-8,10-11,14H,3,9,12-13H2,1-2H3,(H,25,28)/t14-/m0/s1. The van der Waals surface area contributed by atoms with Gasteiger partial charge in [0.05, 0.1) is 16.5 Å². The van der Waals surface area contributed by atoms with Crippen molar-refractivity contribution in [1.29, 1.82) is 0 Å². The van der Waals surface area contributed by atoms with E-state index in [1.165, 1.54) is 0 Å². The molecular formula is C21H23Cl3N2O2. The molecule has 0 spiro atoms. The molecule has 2 aromatic rings. The van der Waals surface area contributed by atoms with Gasteiger partial charge in [0.1, 0.15) is 6.04 Å². The molecule has 2 rings (SSSR count). The van der Waals surface area contributed by atoms with Gasteiger partial charge in [0, 0.05) is 18.1 Å². The molecule has 0 aliphatic carbocycles. The zero-order chi connectivity index (χ0) is 20.7. The second-order valence-corrected chi connectivity index (χ2v) is 7.79. The number of carbonyl (C=O) groups is 2. The number of nitrogens with one attached hydrogen (secondary N) is 1. The Hall–Kier alpha value is -1.75. The lowest BCUT2D eigenvalue weighted by molar-refractivity contribution is -0.140. The van der Waals surface area contributed by atoms with Gasteiger partial charge in [0.15, 0.2) is 0 Å². The lowest BCUT2D eigenvalue weighted by Gasteiger charge is -2.29. The highest BCUT2D eigenvalue weighted by molar-refractivity contribution is 6.42. The fourth-order valence-electron chi connectivity index (χ4n) is 2.74. The van der Waals surface area contributed by atoms with Crippen LogP contribution in [0.3, 0.4) is 0 Å². The van der Waals surface area contributed by atoms with Crippen LogP contribution in [0.15, 0.2) is 42.5 Å². The van der Waals surface area contributed by atoms with E-state index < -0.39 is 6.04 Å². The monoisotopic (exact) mass is 440 g/mol. The molecule has 1 N–H and O–H groups in total. The number of hydrogen-bond acceptors (Lipinski definition) is 2. The van der Waals surface area contributed by atoms with Gasteiger partial charge in [-0.05, 0) is 48.7 Å². The number of carbonyl (C=O) groups excluding carboxylic acids is 2. The summed E-state index contributed by atoms with van der Waals surface area (Å²) in [5.74, 6) is -0.371. The summed E-state index contributed by atoms with van der Waals surface area (Å²) < 4.78 is 0. The van der Waals surface area contributed by atoms with Crippen LogP contribution in [0, 0.1) is 0 Å². The molecule has 0 heterocycles. The highest BCUT2D eigenvalue weighted by atomic mass is 35.5. The molecular weight excluding hydrogens is 419 g/mol. The zero-order valence-corrected chi connectivity index (χ0v) is 18.1. The predicted molar refractivity (Wildman–Crippen MR) is 115 cm³/mol. The van der Waals surface area contributed by atoms with E-state index in [4.69, 9.17) is 34.8 Å². The predicted octanol–water partition coefficient (Wildman–Crippen LogP) is 5.13. The van der Waals surface area contributed by atoms with Crippen molar-refractivity contribution >= 4 is 46.6 Å². The highest BCUT2D eigenvalue weighted by Gasteiger charge is 2.26. The largest absolute Gasteiger partial charge is 0.354 e. The van der Waals surface area contributed by atoms with E-state index in [-0.39, 0.29) is 24.8 Å². The third-order valence-corrected chi connectivity index (χ3v) is 5.27. The Morgan fingerprint density at radius 2 is 1.79 bits per heavy atom. The van der Waals surface area contributed by atoms with Crippen molar-refractivity contribution in [2.75, 3.05) is 6.54 Å². The third-order valence-electron chi connectivity index (χ3n) is 4.30. The first-order chi connectivity index (χ1) is 13.3. The quantitative estimate of drug-likeness (QED) is 0.617. The molecule has 0 radical (unpaired) electrons. The van der Waals surface area contributed by atoms with Gasteiger partial charge in [-0.3, -0.25) is 9.59 Å². The molecule has 2 aromatic carbocycles. The number of halogens is 3. The summed E-state index contributed by atoms with van der Waals surface area (Å²) in [5, 5.41) is 4.25. The van der Waals surface area contributed by atoms with Crippen LogP contribution < -0.4 is 5.32 Å². The van der Waals surface area contributed by atoms with E-state index in [1.807, 2.05) is 19.1 Å². The van der Waals surface area contributed by atoms with Crippen molar-refractivity contribution in [2.24, 2.45) is 0 Å². The Bertz CT molecular complexity index is 842. The summed E-state index contributed by atoms with van der Waals surface area (Å²) in [7, 11) is 0. The number of nitrogens with zero attached hydrogens (tertiary/aromatic N) is 1. The molecule has 0 unspecified atom stereocenters. The Labute approximate surface area is 180 Å². The summed E-state index contributed by atoms with van der Waals surface area (Å²) in [6.45, 7) is 4.54. The molecule has 4 nitrogen and oxygen atoms in total. The molecule has 1 atom stereocenters. The van der Waals surface area contributed by atoms with Crippen molar-refractivity contribution in [1.82, 2.24) is 10.2 Å². The molecule has 7 heteroatoms. The van der Waals surface area contributed by atoms with E-state index in [9.17, 15) is 9.59 Å². The normalized spacial score (nSPS) is 11.8. The molecule has 0 aromatic heterocycles. The second kappa shape index (κ2) is 10.7. The second-order valence-electron chi connectivity index (χ2n) is 6.54. The van der Waals surface area contributed by atoms with Crippen molar-refractivity contribution in [2.45, 2.75) is 39.3 Å².